The van der Waals surface area contributed by atoms with Gasteiger partial charge in [-0.15, -0.1) is 10.2 Å². The van der Waals surface area contributed by atoms with Crippen molar-refractivity contribution in [3.05, 3.63) is 68.3 Å². The lowest BCUT2D eigenvalue weighted by Gasteiger charge is -2.16. The summed E-state index contributed by atoms with van der Waals surface area (Å²) < 4.78 is 1.78. The monoisotopic (exact) mass is 393 g/mol. The third-order valence-corrected chi connectivity index (χ3v) is 4.26. The van der Waals surface area contributed by atoms with Crippen molar-refractivity contribution in [1.82, 2.24) is 19.3 Å². The number of H-pyrrole nitrogens is 1. The smallest absolute Gasteiger partial charge is 0.338 e. The molecule has 10 heteroatoms. The van der Waals surface area contributed by atoms with Crippen LogP contribution in [0.25, 0.3) is 10.5 Å². The van der Waals surface area contributed by atoms with Gasteiger partial charge < -0.3 is 5.11 Å². The molecule has 0 amide bonds. The number of hydrogen-bond acceptors (Lipinski definition) is 6. The number of benzene rings is 1. The van der Waals surface area contributed by atoms with Crippen molar-refractivity contribution < 1.29 is 5.11 Å². The molecule has 2 aromatic heterocycles. The van der Waals surface area contributed by atoms with E-state index in [1.165, 1.54) is 7.05 Å². The Morgan fingerprint density at radius 1 is 1.17 bits per heavy atom. The highest BCUT2D eigenvalue weighted by Gasteiger charge is 2.24. The minimum atomic E-state index is -0.837. The molecule has 29 heavy (non-hydrogen) atoms. The summed E-state index contributed by atoms with van der Waals surface area (Å²) in [4.78, 5) is 28.8. The van der Waals surface area contributed by atoms with Gasteiger partial charge in [0.15, 0.2) is 0 Å². The molecule has 0 aliphatic carbocycles. The standard InChI is InChI=1S/C19H19N7O3/c1-19(2,3)14-12(20-4)15(24-22-14)23-21-13-16(27)25(5)18(29)26(17(13)28)11-9-7-6-8-10-11/h6-10,27H,1-3,5H3,(H,22,24). The van der Waals surface area contributed by atoms with Gasteiger partial charge in [0.1, 0.15) is 0 Å². The van der Waals surface area contributed by atoms with Crippen LogP contribution in [-0.2, 0) is 12.5 Å². The van der Waals surface area contributed by atoms with Gasteiger partial charge in [0, 0.05) is 12.7 Å². The van der Waals surface area contributed by atoms with Crippen LogP contribution in [0, 0.1) is 6.57 Å². The number of aromatic hydroxyl groups is 1. The molecule has 1 aromatic carbocycles. The lowest BCUT2D eigenvalue weighted by molar-refractivity contribution is 0.416. The third kappa shape index (κ3) is 3.45. The maximum Gasteiger partial charge on any atom is 0.338 e. The summed E-state index contributed by atoms with van der Waals surface area (Å²) in [5, 5.41) is 24.7. The van der Waals surface area contributed by atoms with E-state index in [1.807, 2.05) is 20.8 Å². The number of rotatable bonds is 3. The molecule has 0 atom stereocenters. The molecule has 0 radical (unpaired) electrons. The quantitative estimate of drug-likeness (QED) is 0.524. The second-order valence-electron chi connectivity index (χ2n) is 7.32. The third-order valence-electron chi connectivity index (χ3n) is 4.26. The zero-order valence-corrected chi connectivity index (χ0v) is 16.3. The van der Waals surface area contributed by atoms with Crippen molar-refractivity contribution in [2.75, 3.05) is 0 Å². The van der Waals surface area contributed by atoms with Crippen molar-refractivity contribution in [3.63, 3.8) is 0 Å². The molecule has 10 nitrogen and oxygen atoms in total. The first-order chi connectivity index (χ1) is 13.7. The van der Waals surface area contributed by atoms with E-state index in [2.05, 4.69) is 25.3 Å². The van der Waals surface area contributed by atoms with Gasteiger partial charge in [-0.25, -0.2) is 14.2 Å². The van der Waals surface area contributed by atoms with Crippen LogP contribution in [0.4, 0.5) is 17.2 Å². The molecular formula is C19H19N7O3. The number of azo groups is 1. The fourth-order valence-electron chi connectivity index (χ4n) is 2.70. The Bertz CT molecular complexity index is 1250. The molecule has 0 saturated heterocycles. The molecular weight excluding hydrogens is 374 g/mol. The normalized spacial score (nSPS) is 11.7. The number of para-hydroxylation sites is 1. The maximum absolute atomic E-state index is 12.9. The van der Waals surface area contributed by atoms with Gasteiger partial charge in [-0.3, -0.25) is 14.5 Å². The van der Waals surface area contributed by atoms with Crippen LogP contribution in [0.1, 0.15) is 26.5 Å². The molecule has 0 fully saturated rings. The van der Waals surface area contributed by atoms with Crippen molar-refractivity contribution in [2.24, 2.45) is 17.3 Å². The van der Waals surface area contributed by atoms with E-state index >= 15 is 0 Å². The van der Waals surface area contributed by atoms with Crippen LogP contribution in [-0.4, -0.2) is 24.4 Å². The predicted octanol–water partition coefficient (Wildman–Crippen LogP) is 3.23. The zero-order chi connectivity index (χ0) is 21.3. The summed E-state index contributed by atoms with van der Waals surface area (Å²) in [6.07, 6.45) is 0. The summed E-state index contributed by atoms with van der Waals surface area (Å²) in [5.74, 6) is -0.643. The molecule has 2 heterocycles. The predicted molar refractivity (Wildman–Crippen MR) is 107 cm³/mol. The second-order valence-corrected chi connectivity index (χ2v) is 7.32. The summed E-state index contributed by atoms with van der Waals surface area (Å²) in [7, 11) is 1.31. The van der Waals surface area contributed by atoms with E-state index in [0.717, 1.165) is 9.13 Å². The number of aromatic nitrogens is 4. The van der Waals surface area contributed by atoms with Crippen LogP contribution in [0.15, 0.2) is 50.1 Å². The van der Waals surface area contributed by atoms with E-state index in [0.29, 0.717) is 11.4 Å². The Morgan fingerprint density at radius 3 is 2.41 bits per heavy atom. The fraction of sp³-hybridized carbons (Fsp3) is 0.263. The molecule has 0 aliphatic rings. The van der Waals surface area contributed by atoms with Gasteiger partial charge in [0.05, 0.1) is 12.3 Å². The van der Waals surface area contributed by atoms with Crippen LogP contribution in [0.3, 0.4) is 0 Å². The number of nitrogens with one attached hydrogen (secondary N) is 1. The summed E-state index contributed by atoms with van der Waals surface area (Å²) in [5.41, 5.74) is -1.30. The van der Waals surface area contributed by atoms with Crippen molar-refractivity contribution in [2.45, 2.75) is 26.2 Å². The van der Waals surface area contributed by atoms with Crippen molar-refractivity contribution >= 4 is 17.2 Å². The first-order valence-corrected chi connectivity index (χ1v) is 8.65. The Kier molecular flexibility index (Phi) is 4.90. The van der Waals surface area contributed by atoms with E-state index in [1.54, 1.807) is 30.3 Å². The Morgan fingerprint density at radius 2 is 1.83 bits per heavy atom. The second kappa shape index (κ2) is 7.20. The Labute approximate surface area is 165 Å². The van der Waals surface area contributed by atoms with Crippen LogP contribution in [0.5, 0.6) is 5.88 Å². The van der Waals surface area contributed by atoms with E-state index in [-0.39, 0.29) is 16.9 Å². The first-order valence-electron chi connectivity index (χ1n) is 8.65. The maximum atomic E-state index is 12.9. The SMILES string of the molecule is [C-]#[N+]c1c(N=Nc2c(O)n(C)c(=O)n(-c3ccccc3)c2=O)n[nH]c1C(C)(C)C. The minimum Gasteiger partial charge on any atom is -0.493 e. The molecule has 0 spiro atoms. The van der Waals surface area contributed by atoms with Gasteiger partial charge in [-0.1, -0.05) is 39.0 Å². The van der Waals surface area contributed by atoms with Gasteiger partial charge in [0.25, 0.3) is 11.2 Å². The Balaban J connectivity index is 2.18. The number of aromatic amines is 1. The van der Waals surface area contributed by atoms with Crippen LogP contribution in [0.2, 0.25) is 0 Å². The largest absolute Gasteiger partial charge is 0.493 e. The average Bonchev–Trinajstić information content (AvgIpc) is 3.10. The van der Waals surface area contributed by atoms with Crippen molar-refractivity contribution in [1.29, 1.82) is 0 Å². The molecule has 3 aromatic rings. The molecule has 0 bridgehead atoms. The highest BCUT2D eigenvalue weighted by atomic mass is 16.3. The summed E-state index contributed by atoms with van der Waals surface area (Å²) in [6, 6.07) is 8.27. The molecule has 2 N–H and O–H groups in total. The van der Waals surface area contributed by atoms with E-state index in [9.17, 15) is 14.7 Å². The lowest BCUT2D eigenvalue weighted by Crippen LogP contribution is -2.37. The molecule has 148 valence electrons. The average molecular weight is 393 g/mol. The van der Waals surface area contributed by atoms with E-state index in [4.69, 9.17) is 6.57 Å². The van der Waals surface area contributed by atoms with E-state index < -0.39 is 22.8 Å². The van der Waals surface area contributed by atoms with Gasteiger partial charge in [0.2, 0.25) is 17.4 Å². The zero-order valence-electron chi connectivity index (χ0n) is 16.3. The number of nitrogens with zero attached hydrogens (tertiary/aromatic N) is 6. The topological polar surface area (TPSA) is 122 Å². The molecule has 0 unspecified atom stereocenters. The molecule has 0 aliphatic heterocycles. The Hall–Kier alpha value is -4.00. The van der Waals surface area contributed by atoms with Gasteiger partial charge in [-0.05, 0) is 17.5 Å². The lowest BCUT2D eigenvalue weighted by atomic mass is 9.91. The van der Waals surface area contributed by atoms with Crippen LogP contribution >= 0.6 is 0 Å². The highest BCUT2D eigenvalue weighted by Crippen LogP contribution is 2.37. The minimum absolute atomic E-state index is 0.0103. The molecule has 0 saturated carbocycles. The number of hydrogen-bond donors (Lipinski definition) is 2. The fourth-order valence-corrected chi connectivity index (χ4v) is 2.70. The van der Waals surface area contributed by atoms with Crippen molar-refractivity contribution in [3.8, 4) is 11.6 Å². The molecule has 3 rings (SSSR count). The summed E-state index contributed by atoms with van der Waals surface area (Å²) >= 11 is 0. The van der Waals surface area contributed by atoms with Crippen LogP contribution < -0.4 is 11.2 Å². The first kappa shape index (κ1) is 19.8. The summed E-state index contributed by atoms with van der Waals surface area (Å²) in [6.45, 7) is 13.1. The van der Waals surface area contributed by atoms with Gasteiger partial charge in [-0.2, -0.15) is 5.10 Å². The van der Waals surface area contributed by atoms with Gasteiger partial charge >= 0.3 is 5.69 Å². The highest BCUT2D eigenvalue weighted by molar-refractivity contribution is 5.66.